The molecule has 1 heterocycles. The van der Waals surface area contributed by atoms with Crippen LogP contribution in [-0.4, -0.2) is 4.98 Å². The molecule has 0 unspecified atom stereocenters. The summed E-state index contributed by atoms with van der Waals surface area (Å²) in [5.74, 6) is 0.484. The van der Waals surface area contributed by atoms with Gasteiger partial charge in [-0.15, -0.1) is 0 Å². The first-order valence-corrected chi connectivity index (χ1v) is 4.08. The number of allylic oxidation sites excluding steroid dienone is 1. The zero-order valence-electron chi connectivity index (χ0n) is 7.49. The smallest absolute Gasteiger partial charge is 0.0350 e. The van der Waals surface area contributed by atoms with Gasteiger partial charge in [0.2, 0.25) is 0 Å². The van der Waals surface area contributed by atoms with Gasteiger partial charge in [-0.1, -0.05) is 19.9 Å². The molecule has 1 rings (SSSR count). The predicted octanol–water partition coefficient (Wildman–Crippen LogP) is 2.04. The van der Waals surface area contributed by atoms with E-state index in [4.69, 9.17) is 5.73 Å². The first kappa shape index (κ1) is 8.78. The van der Waals surface area contributed by atoms with Gasteiger partial charge in [-0.05, 0) is 18.1 Å². The molecule has 1 aromatic heterocycles. The molecule has 2 nitrogen and oxygen atoms in total. The minimum Gasteiger partial charge on any atom is -0.398 e. The molecular formula is C10H14N2. The third-order valence-corrected chi connectivity index (χ3v) is 1.53. The van der Waals surface area contributed by atoms with Crippen molar-refractivity contribution < 1.29 is 0 Å². The molecule has 0 bridgehead atoms. The number of hydrogen-bond donors (Lipinski definition) is 1. The van der Waals surface area contributed by atoms with Crippen molar-refractivity contribution in [2.45, 2.75) is 13.8 Å². The van der Waals surface area contributed by atoms with Crippen molar-refractivity contribution in [3.05, 3.63) is 36.2 Å². The van der Waals surface area contributed by atoms with Gasteiger partial charge in [-0.2, -0.15) is 0 Å². The largest absolute Gasteiger partial charge is 0.398 e. The van der Waals surface area contributed by atoms with E-state index in [2.05, 4.69) is 18.8 Å². The standard InChI is InChI=1S/C10H14N2/c1-8(2)7-10(11)9-3-5-12-6-4-9/h3-8H,11H2,1-2H3. The van der Waals surface area contributed by atoms with Crippen molar-refractivity contribution in [1.29, 1.82) is 0 Å². The molecule has 0 aliphatic heterocycles. The fraction of sp³-hybridized carbons (Fsp3) is 0.300. The van der Waals surface area contributed by atoms with Gasteiger partial charge in [0.05, 0.1) is 0 Å². The number of pyridine rings is 1. The quantitative estimate of drug-likeness (QED) is 0.722. The van der Waals surface area contributed by atoms with Crippen molar-refractivity contribution in [1.82, 2.24) is 4.98 Å². The van der Waals surface area contributed by atoms with E-state index >= 15 is 0 Å². The fourth-order valence-corrected chi connectivity index (χ4v) is 1.000. The Kier molecular flexibility index (Phi) is 2.86. The molecule has 0 saturated carbocycles. The third-order valence-electron chi connectivity index (χ3n) is 1.53. The lowest BCUT2D eigenvalue weighted by Gasteiger charge is -2.02. The maximum absolute atomic E-state index is 5.83. The number of nitrogens with zero attached hydrogens (tertiary/aromatic N) is 1. The molecule has 0 fully saturated rings. The predicted molar refractivity (Wildman–Crippen MR) is 51.2 cm³/mol. The number of hydrogen-bond acceptors (Lipinski definition) is 2. The summed E-state index contributed by atoms with van der Waals surface area (Å²) in [6, 6.07) is 3.82. The Hall–Kier alpha value is -1.31. The van der Waals surface area contributed by atoms with Gasteiger partial charge in [0.1, 0.15) is 0 Å². The molecular weight excluding hydrogens is 148 g/mol. The van der Waals surface area contributed by atoms with Gasteiger partial charge in [-0.25, -0.2) is 0 Å². The van der Waals surface area contributed by atoms with E-state index in [0.717, 1.165) is 11.3 Å². The minimum atomic E-state index is 0.484. The summed E-state index contributed by atoms with van der Waals surface area (Å²) in [5, 5.41) is 0. The van der Waals surface area contributed by atoms with Crippen LogP contribution in [0.4, 0.5) is 0 Å². The van der Waals surface area contributed by atoms with Crippen molar-refractivity contribution >= 4 is 5.70 Å². The molecule has 1 aromatic rings. The molecule has 12 heavy (non-hydrogen) atoms. The van der Waals surface area contributed by atoms with Crippen molar-refractivity contribution in [3.8, 4) is 0 Å². The highest BCUT2D eigenvalue weighted by atomic mass is 14.6. The van der Waals surface area contributed by atoms with Gasteiger partial charge < -0.3 is 5.73 Å². The number of rotatable bonds is 2. The van der Waals surface area contributed by atoms with Crippen LogP contribution in [0.2, 0.25) is 0 Å². The van der Waals surface area contributed by atoms with Crippen LogP contribution in [0.1, 0.15) is 19.4 Å². The first-order chi connectivity index (χ1) is 5.70. The van der Waals surface area contributed by atoms with Gasteiger partial charge >= 0.3 is 0 Å². The van der Waals surface area contributed by atoms with Gasteiger partial charge in [0.15, 0.2) is 0 Å². The molecule has 0 radical (unpaired) electrons. The van der Waals surface area contributed by atoms with E-state index in [0.29, 0.717) is 5.92 Å². The van der Waals surface area contributed by atoms with E-state index in [1.807, 2.05) is 18.2 Å². The monoisotopic (exact) mass is 162 g/mol. The summed E-state index contributed by atoms with van der Waals surface area (Å²) in [4.78, 5) is 3.92. The average molecular weight is 162 g/mol. The van der Waals surface area contributed by atoms with Crippen LogP contribution in [0, 0.1) is 5.92 Å². The van der Waals surface area contributed by atoms with Crippen LogP contribution in [0.3, 0.4) is 0 Å². The summed E-state index contributed by atoms with van der Waals surface area (Å²) < 4.78 is 0. The summed E-state index contributed by atoms with van der Waals surface area (Å²) in [6.07, 6.45) is 5.53. The molecule has 0 amide bonds. The Morgan fingerprint density at radius 1 is 1.42 bits per heavy atom. The zero-order valence-corrected chi connectivity index (χ0v) is 7.49. The number of aromatic nitrogens is 1. The van der Waals surface area contributed by atoms with E-state index in [9.17, 15) is 0 Å². The average Bonchev–Trinajstić information content (AvgIpc) is 2.05. The Morgan fingerprint density at radius 2 is 2.00 bits per heavy atom. The lowest BCUT2D eigenvalue weighted by Crippen LogP contribution is -1.98. The Bertz CT molecular complexity index is 262. The van der Waals surface area contributed by atoms with Crippen molar-refractivity contribution in [2.24, 2.45) is 11.7 Å². The lowest BCUT2D eigenvalue weighted by molar-refractivity contribution is 0.832. The van der Waals surface area contributed by atoms with Crippen LogP contribution >= 0.6 is 0 Å². The van der Waals surface area contributed by atoms with Gasteiger partial charge in [0, 0.05) is 23.7 Å². The van der Waals surface area contributed by atoms with Gasteiger partial charge in [0.25, 0.3) is 0 Å². The van der Waals surface area contributed by atoms with Crippen molar-refractivity contribution in [3.63, 3.8) is 0 Å². The van der Waals surface area contributed by atoms with E-state index in [-0.39, 0.29) is 0 Å². The second-order valence-corrected chi connectivity index (χ2v) is 3.10. The van der Waals surface area contributed by atoms with E-state index in [1.165, 1.54) is 0 Å². The maximum atomic E-state index is 5.83. The van der Waals surface area contributed by atoms with Crippen LogP contribution in [0.25, 0.3) is 5.70 Å². The molecule has 0 atom stereocenters. The fourth-order valence-electron chi connectivity index (χ4n) is 1.000. The summed E-state index contributed by atoms with van der Waals surface area (Å²) in [5.41, 5.74) is 7.70. The summed E-state index contributed by atoms with van der Waals surface area (Å²) in [7, 11) is 0. The van der Waals surface area contributed by atoms with Crippen molar-refractivity contribution in [2.75, 3.05) is 0 Å². The second kappa shape index (κ2) is 3.90. The molecule has 0 aliphatic carbocycles. The second-order valence-electron chi connectivity index (χ2n) is 3.10. The summed E-state index contributed by atoms with van der Waals surface area (Å²) in [6.45, 7) is 4.21. The Labute approximate surface area is 73.1 Å². The van der Waals surface area contributed by atoms with Crippen LogP contribution in [0.15, 0.2) is 30.6 Å². The highest BCUT2D eigenvalue weighted by Crippen LogP contribution is 2.09. The Balaban J connectivity index is 2.85. The van der Waals surface area contributed by atoms with Crippen LogP contribution in [0.5, 0.6) is 0 Å². The highest BCUT2D eigenvalue weighted by molar-refractivity contribution is 5.61. The SMILES string of the molecule is CC(C)C=C(N)c1ccncc1. The van der Waals surface area contributed by atoms with Crippen LogP contribution < -0.4 is 5.73 Å². The third kappa shape index (κ3) is 2.38. The maximum Gasteiger partial charge on any atom is 0.0350 e. The van der Waals surface area contributed by atoms with E-state index < -0.39 is 0 Å². The minimum absolute atomic E-state index is 0.484. The molecule has 0 spiro atoms. The molecule has 64 valence electrons. The first-order valence-electron chi connectivity index (χ1n) is 4.08. The summed E-state index contributed by atoms with van der Waals surface area (Å²) >= 11 is 0. The highest BCUT2D eigenvalue weighted by Gasteiger charge is 1.95. The van der Waals surface area contributed by atoms with Gasteiger partial charge in [-0.3, -0.25) is 4.98 Å². The molecule has 0 saturated heterocycles. The molecule has 2 heteroatoms. The molecule has 2 N–H and O–H groups in total. The molecule has 0 aromatic carbocycles. The lowest BCUT2D eigenvalue weighted by atomic mass is 10.1. The zero-order chi connectivity index (χ0) is 8.97. The topological polar surface area (TPSA) is 38.9 Å². The van der Waals surface area contributed by atoms with E-state index in [1.54, 1.807) is 12.4 Å². The molecule has 0 aliphatic rings. The van der Waals surface area contributed by atoms with Crippen LogP contribution in [-0.2, 0) is 0 Å². The number of nitrogens with two attached hydrogens (primary N) is 1. The normalized spacial score (nSPS) is 12.1. The Morgan fingerprint density at radius 3 is 2.50 bits per heavy atom.